The summed E-state index contributed by atoms with van der Waals surface area (Å²) in [5, 5.41) is 0.182. The van der Waals surface area contributed by atoms with Gasteiger partial charge in [0.1, 0.15) is 11.2 Å². The van der Waals surface area contributed by atoms with Gasteiger partial charge in [0.05, 0.1) is 34.4 Å². The smallest absolute Gasteiger partial charge is 0.143 e. The van der Waals surface area contributed by atoms with Crippen molar-refractivity contribution in [1.82, 2.24) is 0 Å². The summed E-state index contributed by atoms with van der Waals surface area (Å²) in [4.78, 5) is 0.833. The molecule has 2 aromatic heterocycles. The Bertz CT molecular complexity index is 3780. The van der Waals surface area contributed by atoms with Gasteiger partial charge in [-0.2, -0.15) is 0 Å². The predicted octanol–water partition coefficient (Wildman–Crippen LogP) is 13.9. The molecule has 0 aliphatic rings. The number of thiophene rings is 1. The zero-order chi connectivity index (χ0) is 47.1. The van der Waals surface area contributed by atoms with Gasteiger partial charge in [-0.15, -0.1) is 11.3 Å². The minimum absolute atomic E-state index is 0.115. The molecule has 0 saturated heterocycles. The van der Waals surface area contributed by atoms with Crippen molar-refractivity contribution < 1.29 is 27.7 Å². The molecule has 230 valence electrons. The number of benzene rings is 8. The summed E-state index contributed by atoms with van der Waals surface area (Å²) in [6.45, 7) is 0. The Hall–Kier alpha value is -6.16. The molecule has 3 heteroatoms. The molecule has 8 aromatic carbocycles. The number of nitrogens with zero attached hydrogens (tertiary/aromatic N) is 1. The largest absolute Gasteiger partial charge is 0.455 e. The van der Waals surface area contributed by atoms with Crippen molar-refractivity contribution in [3.8, 4) is 22.3 Å². The Kier molecular flexibility index (Phi) is 3.63. The van der Waals surface area contributed by atoms with Crippen LogP contribution in [0.25, 0.3) is 75.1 Å². The van der Waals surface area contributed by atoms with Crippen molar-refractivity contribution in [3.63, 3.8) is 0 Å². The molecule has 0 N–H and O–H groups in total. The minimum Gasteiger partial charge on any atom is -0.455 e. The van der Waals surface area contributed by atoms with Crippen LogP contribution >= 0.6 is 11.3 Å². The first-order valence-corrected chi connectivity index (χ1v) is 16.0. The lowest BCUT2D eigenvalue weighted by Gasteiger charge is -2.27. The zero-order valence-corrected chi connectivity index (χ0v) is 26.0. The highest BCUT2D eigenvalue weighted by molar-refractivity contribution is 7.25. The minimum atomic E-state index is -0.853. The van der Waals surface area contributed by atoms with Crippen molar-refractivity contribution >= 4 is 81.3 Å². The van der Waals surface area contributed by atoms with E-state index in [-0.39, 0.29) is 32.8 Å². The second kappa shape index (κ2) is 11.2. The van der Waals surface area contributed by atoms with Gasteiger partial charge >= 0.3 is 0 Å². The molecule has 0 aliphatic heterocycles. The molecule has 0 bridgehead atoms. The summed E-state index contributed by atoms with van der Waals surface area (Å²) in [6.07, 6.45) is 0. The molecule has 0 unspecified atom stereocenters. The van der Waals surface area contributed by atoms with E-state index in [0.717, 1.165) is 25.1 Å². The standard InChI is InChI=1S/C46H29NOS/c1-2-10-30(11-3-1)33-13-8-14-36(28-33)47(41-17-9-18-42-45(41)39-26-22-32-12-4-5-15-37(32)46(39)48-42)35-24-20-31(21-25-35)34-23-27-44-40(29-34)38-16-6-7-19-43(38)49-44/h1-29H/i4D,5D,8D,9D,12D,13D,14D,15D,17D,18D,20D,21D,22D,24D,25D,26D,28D. The van der Waals surface area contributed by atoms with Crippen molar-refractivity contribution in [2.75, 3.05) is 4.90 Å². The van der Waals surface area contributed by atoms with Crippen molar-refractivity contribution in [2.24, 2.45) is 0 Å². The first kappa shape index (κ1) is 15.8. The number of hydrogen-bond donors (Lipinski definition) is 0. The Morgan fingerprint density at radius 3 is 2.24 bits per heavy atom. The van der Waals surface area contributed by atoms with Gasteiger partial charge in [0.25, 0.3) is 0 Å². The van der Waals surface area contributed by atoms with Crippen molar-refractivity contribution in [3.05, 3.63) is 176 Å². The van der Waals surface area contributed by atoms with E-state index in [2.05, 4.69) is 0 Å². The van der Waals surface area contributed by atoms with Crippen LogP contribution in [0.3, 0.4) is 0 Å². The third-order valence-corrected chi connectivity index (χ3v) is 9.50. The number of furan rings is 1. The molecule has 49 heavy (non-hydrogen) atoms. The molecule has 2 nitrogen and oxygen atoms in total. The maximum atomic E-state index is 9.72. The molecular weight excluding hydrogens is 615 g/mol. The van der Waals surface area contributed by atoms with Crippen LogP contribution in [0.1, 0.15) is 23.3 Å². The van der Waals surface area contributed by atoms with Crippen LogP contribution < -0.4 is 4.90 Å². The van der Waals surface area contributed by atoms with Gasteiger partial charge in [-0.3, -0.25) is 0 Å². The van der Waals surface area contributed by atoms with E-state index in [9.17, 15) is 11.0 Å². The molecule has 2 heterocycles. The summed E-state index contributed by atoms with van der Waals surface area (Å²) in [7, 11) is 0. The Labute approximate surface area is 311 Å². The van der Waals surface area contributed by atoms with Crippen molar-refractivity contribution in [2.45, 2.75) is 0 Å². The van der Waals surface area contributed by atoms with Gasteiger partial charge in [0.2, 0.25) is 0 Å². The summed E-state index contributed by atoms with van der Waals surface area (Å²) >= 11 is 1.54. The third kappa shape index (κ3) is 4.62. The van der Waals surface area contributed by atoms with Gasteiger partial charge in [-0.05, 0) is 88.1 Å². The average molecular weight is 661 g/mol. The first-order valence-electron chi connectivity index (χ1n) is 23.7. The van der Waals surface area contributed by atoms with E-state index in [1.54, 1.807) is 53.8 Å². The summed E-state index contributed by atoms with van der Waals surface area (Å²) in [5.74, 6) is 0. The number of hydrogen-bond acceptors (Lipinski definition) is 3. The molecule has 10 rings (SSSR count). The van der Waals surface area contributed by atoms with E-state index in [0.29, 0.717) is 5.56 Å². The zero-order valence-electron chi connectivity index (χ0n) is 42.2. The van der Waals surface area contributed by atoms with E-state index in [4.69, 9.17) is 16.8 Å². The fourth-order valence-corrected chi connectivity index (χ4v) is 7.18. The van der Waals surface area contributed by atoms with Crippen LogP contribution in [0.4, 0.5) is 17.1 Å². The molecule has 0 atom stereocenters. The molecule has 0 saturated carbocycles. The number of rotatable bonds is 5. The predicted molar refractivity (Wildman–Crippen MR) is 210 cm³/mol. The van der Waals surface area contributed by atoms with E-state index < -0.39 is 136 Å². The van der Waals surface area contributed by atoms with Crippen LogP contribution in [0.2, 0.25) is 0 Å². The highest BCUT2D eigenvalue weighted by Crippen LogP contribution is 2.45. The molecule has 0 spiro atoms. The molecule has 0 aliphatic carbocycles. The fourth-order valence-electron chi connectivity index (χ4n) is 6.09. The van der Waals surface area contributed by atoms with Gasteiger partial charge < -0.3 is 9.32 Å². The molecule has 0 amide bonds. The summed E-state index contributed by atoms with van der Waals surface area (Å²) < 4.78 is 164. The SMILES string of the molecule is [2H]c1c([2H])c(-c2ccccc2)c([2H])c(N(c2c([2H])c([2H])c(-c3ccc4sc5ccccc5c4c3)c([2H])c2[2H])c2c([2H])c([2H])c([2H])c3oc4c5c([2H])c([2H])c([2H])c([2H])c5c([2H])c([2H])c4c23)c1[2H]. The molecule has 10 aromatic rings. The summed E-state index contributed by atoms with van der Waals surface area (Å²) in [6, 6.07) is 9.08. The van der Waals surface area contributed by atoms with Gasteiger partial charge in [0.15, 0.2) is 0 Å². The quantitative estimate of drug-likeness (QED) is 0.183. The fraction of sp³-hybridized carbons (Fsp3) is 0. The maximum Gasteiger partial charge on any atom is 0.143 e. The van der Waals surface area contributed by atoms with Crippen LogP contribution in [0.15, 0.2) is 180 Å². The van der Waals surface area contributed by atoms with Gasteiger partial charge in [-0.25, -0.2) is 0 Å². The molecular formula is C46H29NOS. The van der Waals surface area contributed by atoms with Crippen LogP contribution in [-0.4, -0.2) is 0 Å². The molecule has 0 radical (unpaired) electrons. The van der Waals surface area contributed by atoms with Crippen molar-refractivity contribution in [1.29, 1.82) is 0 Å². The molecule has 0 fully saturated rings. The third-order valence-electron chi connectivity index (χ3n) is 8.35. The lowest BCUT2D eigenvalue weighted by molar-refractivity contribution is 0.672. The monoisotopic (exact) mass is 660 g/mol. The average Bonchev–Trinajstić information content (AvgIpc) is 3.89. The highest BCUT2D eigenvalue weighted by atomic mass is 32.1. The van der Waals surface area contributed by atoms with Gasteiger partial charge in [-0.1, -0.05) is 115 Å². The van der Waals surface area contributed by atoms with E-state index in [1.807, 2.05) is 30.3 Å². The lowest BCUT2D eigenvalue weighted by Crippen LogP contribution is -2.10. The Morgan fingerprint density at radius 2 is 1.33 bits per heavy atom. The highest BCUT2D eigenvalue weighted by Gasteiger charge is 2.21. The second-order valence-corrected chi connectivity index (χ2v) is 12.3. The second-order valence-electron chi connectivity index (χ2n) is 11.2. The van der Waals surface area contributed by atoms with E-state index in [1.165, 1.54) is 0 Å². The topological polar surface area (TPSA) is 16.4 Å². The Morgan fingerprint density at radius 1 is 0.510 bits per heavy atom. The van der Waals surface area contributed by atoms with Crippen LogP contribution in [0, 0.1) is 0 Å². The Balaban J connectivity index is 1.40. The normalized spacial score (nSPS) is 16.5. The number of anilines is 3. The summed E-state index contributed by atoms with van der Waals surface area (Å²) in [5.41, 5.74) is -2.58. The van der Waals surface area contributed by atoms with E-state index >= 15 is 0 Å². The maximum absolute atomic E-state index is 9.72. The lowest BCUT2D eigenvalue weighted by atomic mass is 10.0. The van der Waals surface area contributed by atoms with Crippen LogP contribution in [0.5, 0.6) is 0 Å². The first-order chi connectivity index (χ1) is 31.4. The van der Waals surface area contributed by atoms with Gasteiger partial charge in [0, 0.05) is 42.3 Å². The number of fused-ring (bicyclic) bond motifs is 8. The van der Waals surface area contributed by atoms with Crippen LogP contribution in [-0.2, 0) is 0 Å².